The summed E-state index contributed by atoms with van der Waals surface area (Å²) in [5, 5.41) is 19.4. The van der Waals surface area contributed by atoms with E-state index >= 15 is 0 Å². The fourth-order valence-electron chi connectivity index (χ4n) is 3.06. The molecular formula is C13H18N2O7. The normalized spacial score (nSPS) is 36.5. The maximum atomic E-state index is 12.1. The average molecular weight is 314 g/mol. The molecule has 0 aliphatic carbocycles. The molecule has 2 fully saturated rings. The van der Waals surface area contributed by atoms with Crippen LogP contribution >= 0.6 is 0 Å². The van der Waals surface area contributed by atoms with Gasteiger partial charge in [-0.1, -0.05) is 0 Å². The van der Waals surface area contributed by atoms with Crippen LogP contribution in [-0.2, 0) is 19.9 Å². The zero-order valence-corrected chi connectivity index (χ0v) is 12.2. The number of rotatable bonds is 3. The van der Waals surface area contributed by atoms with Crippen LogP contribution in [0.25, 0.3) is 0 Å². The Kier molecular flexibility index (Phi) is 3.49. The first-order valence-corrected chi connectivity index (χ1v) is 6.90. The van der Waals surface area contributed by atoms with Gasteiger partial charge in [0.15, 0.2) is 5.79 Å². The van der Waals surface area contributed by atoms with Crippen LogP contribution in [0, 0.1) is 0 Å². The lowest BCUT2D eigenvalue weighted by molar-refractivity contribution is -0.244. The minimum Gasteiger partial charge on any atom is -0.394 e. The number of aliphatic hydroxyl groups excluding tert-OH is 2. The molecule has 3 rings (SSSR count). The summed E-state index contributed by atoms with van der Waals surface area (Å²) in [4.78, 5) is 25.4. The molecule has 0 aromatic carbocycles. The highest BCUT2D eigenvalue weighted by Gasteiger charge is 2.64. The van der Waals surface area contributed by atoms with Crippen LogP contribution in [-0.4, -0.2) is 57.1 Å². The minimum absolute atomic E-state index is 0.361. The second-order valence-corrected chi connectivity index (χ2v) is 5.84. The molecule has 0 unspecified atom stereocenters. The molecule has 0 saturated carbocycles. The number of hydrogen-bond donors (Lipinski definition) is 3. The van der Waals surface area contributed by atoms with Gasteiger partial charge in [0.25, 0.3) is 5.56 Å². The Morgan fingerprint density at radius 3 is 2.59 bits per heavy atom. The fraction of sp³-hybridized carbons (Fsp3) is 0.692. The number of aliphatic hydroxyl groups is 2. The number of nitrogens with zero attached hydrogens (tertiary/aromatic N) is 1. The van der Waals surface area contributed by atoms with E-state index in [1.807, 2.05) is 0 Å². The molecule has 0 amide bonds. The summed E-state index contributed by atoms with van der Waals surface area (Å²) in [5.41, 5.74) is -2.88. The highest BCUT2D eigenvalue weighted by Crippen LogP contribution is 2.45. The molecule has 0 spiro atoms. The van der Waals surface area contributed by atoms with Gasteiger partial charge in [0.05, 0.1) is 13.2 Å². The first kappa shape index (κ1) is 15.4. The zero-order valence-electron chi connectivity index (χ0n) is 12.2. The summed E-state index contributed by atoms with van der Waals surface area (Å²) in [6.45, 7) is 2.44. The lowest BCUT2D eigenvalue weighted by atomic mass is 10.0. The molecule has 2 aliphatic heterocycles. The van der Waals surface area contributed by atoms with Crippen molar-refractivity contribution < 1.29 is 24.4 Å². The Labute approximate surface area is 125 Å². The van der Waals surface area contributed by atoms with E-state index < -0.39 is 47.7 Å². The first-order chi connectivity index (χ1) is 10.3. The SMILES string of the molecule is CC1(C)O[C@H]2[C@@H](O1)[C@](CO)(n1ccc(=O)[nH]c1=O)O[C@@H]2CO. The third-order valence-electron chi connectivity index (χ3n) is 3.93. The Hall–Kier alpha value is -1.52. The number of nitrogens with one attached hydrogen (secondary N) is 1. The second-order valence-electron chi connectivity index (χ2n) is 5.84. The fourth-order valence-corrected chi connectivity index (χ4v) is 3.06. The summed E-state index contributed by atoms with van der Waals surface area (Å²) < 4.78 is 18.3. The summed E-state index contributed by atoms with van der Waals surface area (Å²) in [6, 6.07) is 1.14. The van der Waals surface area contributed by atoms with Gasteiger partial charge >= 0.3 is 5.69 Å². The van der Waals surface area contributed by atoms with Crippen molar-refractivity contribution >= 4 is 0 Å². The van der Waals surface area contributed by atoms with Gasteiger partial charge in [-0.2, -0.15) is 0 Å². The summed E-state index contributed by atoms with van der Waals surface area (Å²) in [7, 11) is 0. The van der Waals surface area contributed by atoms with Crippen LogP contribution in [0.2, 0.25) is 0 Å². The largest absolute Gasteiger partial charge is 0.394 e. The molecule has 22 heavy (non-hydrogen) atoms. The van der Waals surface area contributed by atoms with Crippen molar-refractivity contribution in [1.29, 1.82) is 0 Å². The van der Waals surface area contributed by atoms with Crippen molar-refractivity contribution in [2.75, 3.05) is 13.2 Å². The second kappa shape index (κ2) is 5.00. The minimum atomic E-state index is -1.58. The average Bonchev–Trinajstić information content (AvgIpc) is 2.91. The van der Waals surface area contributed by atoms with Crippen LogP contribution in [0.1, 0.15) is 13.8 Å². The van der Waals surface area contributed by atoms with Crippen LogP contribution in [0.3, 0.4) is 0 Å². The van der Waals surface area contributed by atoms with Gasteiger partial charge in [-0.05, 0) is 13.8 Å². The third-order valence-corrected chi connectivity index (χ3v) is 3.93. The van der Waals surface area contributed by atoms with Gasteiger partial charge in [-0.3, -0.25) is 14.3 Å². The molecule has 2 saturated heterocycles. The quantitative estimate of drug-likeness (QED) is 0.595. The van der Waals surface area contributed by atoms with Gasteiger partial charge in [0.2, 0.25) is 5.72 Å². The lowest BCUT2D eigenvalue weighted by Gasteiger charge is -2.34. The number of fused-ring (bicyclic) bond motifs is 1. The predicted molar refractivity (Wildman–Crippen MR) is 72.2 cm³/mol. The van der Waals surface area contributed by atoms with Gasteiger partial charge in [0, 0.05) is 12.3 Å². The van der Waals surface area contributed by atoms with Crippen LogP contribution < -0.4 is 11.2 Å². The van der Waals surface area contributed by atoms with Crippen molar-refractivity contribution in [3.8, 4) is 0 Å². The van der Waals surface area contributed by atoms with E-state index in [1.165, 1.54) is 6.20 Å². The van der Waals surface area contributed by atoms with Crippen LogP contribution in [0.5, 0.6) is 0 Å². The van der Waals surface area contributed by atoms with Crippen LogP contribution in [0.15, 0.2) is 21.9 Å². The van der Waals surface area contributed by atoms with Gasteiger partial charge in [-0.15, -0.1) is 0 Å². The third kappa shape index (κ3) is 2.13. The molecule has 122 valence electrons. The standard InChI is InChI=1S/C13H18N2O7/c1-12(2)21-9-7(5-16)20-13(6-17,10(9)22-12)15-4-3-8(18)14-11(15)19/h3-4,7,9-10,16-17H,5-6H2,1-2H3,(H,14,18,19)/t7-,9-,10-,13-/m1/s1. The van der Waals surface area contributed by atoms with E-state index in [2.05, 4.69) is 4.98 Å². The summed E-state index contributed by atoms with van der Waals surface area (Å²) in [6.07, 6.45) is -1.000. The smallest absolute Gasteiger partial charge is 0.330 e. The molecule has 1 aromatic heterocycles. The summed E-state index contributed by atoms with van der Waals surface area (Å²) >= 11 is 0. The van der Waals surface area contributed by atoms with Crippen molar-refractivity contribution in [2.45, 2.75) is 43.7 Å². The Morgan fingerprint density at radius 1 is 1.27 bits per heavy atom. The van der Waals surface area contributed by atoms with Crippen molar-refractivity contribution in [1.82, 2.24) is 9.55 Å². The Bertz CT molecular complexity index is 681. The zero-order chi connectivity index (χ0) is 16.1. The first-order valence-electron chi connectivity index (χ1n) is 6.90. The van der Waals surface area contributed by atoms with Crippen molar-refractivity contribution in [2.24, 2.45) is 0 Å². The van der Waals surface area contributed by atoms with E-state index in [0.29, 0.717) is 0 Å². The van der Waals surface area contributed by atoms with E-state index in [0.717, 1.165) is 10.6 Å². The van der Waals surface area contributed by atoms with Crippen molar-refractivity contribution in [3.05, 3.63) is 33.1 Å². The number of ether oxygens (including phenoxy) is 3. The Balaban J connectivity index is 2.12. The van der Waals surface area contributed by atoms with Gasteiger partial charge in [0.1, 0.15) is 18.3 Å². The monoisotopic (exact) mass is 314 g/mol. The van der Waals surface area contributed by atoms with Crippen LogP contribution in [0.4, 0.5) is 0 Å². The molecule has 1 aromatic rings. The lowest BCUT2D eigenvalue weighted by Crippen LogP contribution is -2.54. The predicted octanol–water partition coefficient (Wildman–Crippen LogP) is -1.91. The molecular weight excluding hydrogens is 296 g/mol. The number of aromatic amines is 1. The number of hydrogen-bond acceptors (Lipinski definition) is 7. The van der Waals surface area contributed by atoms with E-state index in [9.17, 15) is 19.8 Å². The van der Waals surface area contributed by atoms with E-state index in [-0.39, 0.29) is 6.61 Å². The number of H-pyrrole nitrogens is 1. The van der Waals surface area contributed by atoms with E-state index in [4.69, 9.17) is 14.2 Å². The molecule has 3 N–H and O–H groups in total. The maximum Gasteiger partial charge on any atom is 0.330 e. The highest BCUT2D eigenvalue weighted by atomic mass is 16.8. The molecule has 0 bridgehead atoms. The molecule has 0 radical (unpaired) electrons. The Morgan fingerprint density at radius 2 is 2.00 bits per heavy atom. The van der Waals surface area contributed by atoms with Crippen molar-refractivity contribution in [3.63, 3.8) is 0 Å². The molecule has 3 heterocycles. The van der Waals surface area contributed by atoms with Gasteiger partial charge in [-0.25, -0.2) is 4.79 Å². The highest BCUT2D eigenvalue weighted by molar-refractivity contribution is 5.06. The summed E-state index contributed by atoms with van der Waals surface area (Å²) in [5.74, 6) is -0.946. The molecule has 4 atom stereocenters. The number of aromatic nitrogens is 2. The topological polar surface area (TPSA) is 123 Å². The molecule has 9 nitrogen and oxygen atoms in total. The maximum absolute atomic E-state index is 12.1. The van der Waals surface area contributed by atoms with Gasteiger partial charge < -0.3 is 24.4 Å². The molecule has 2 aliphatic rings. The molecule has 9 heteroatoms. The van der Waals surface area contributed by atoms with E-state index in [1.54, 1.807) is 13.8 Å².